The van der Waals surface area contributed by atoms with Crippen LogP contribution in [0.1, 0.15) is 20.3 Å². The van der Waals surface area contributed by atoms with Crippen LogP contribution in [0.3, 0.4) is 0 Å². The van der Waals surface area contributed by atoms with Crippen molar-refractivity contribution in [3.8, 4) is 6.07 Å². The molecule has 1 rings (SSSR count). The first-order valence-corrected chi connectivity index (χ1v) is 5.77. The molecule has 0 fully saturated rings. The molecular weight excluding hydrogens is 232 g/mol. The number of aromatic nitrogens is 1. The van der Waals surface area contributed by atoms with Gasteiger partial charge in [0.1, 0.15) is 5.82 Å². The van der Waals surface area contributed by atoms with Crippen molar-refractivity contribution in [2.45, 2.75) is 20.3 Å². The van der Waals surface area contributed by atoms with Gasteiger partial charge in [0.25, 0.3) is 5.69 Å². The summed E-state index contributed by atoms with van der Waals surface area (Å²) in [6, 6.07) is 4.88. The van der Waals surface area contributed by atoms with E-state index in [1.165, 1.54) is 18.3 Å². The fourth-order valence-corrected chi connectivity index (χ4v) is 1.62. The molecule has 0 atom stereocenters. The zero-order valence-electron chi connectivity index (χ0n) is 10.5. The Morgan fingerprint density at radius 1 is 1.61 bits per heavy atom. The Morgan fingerprint density at radius 3 is 2.89 bits per heavy atom. The number of hydrogen-bond donors (Lipinski definition) is 0. The van der Waals surface area contributed by atoms with Gasteiger partial charge in [0.05, 0.1) is 23.5 Å². The van der Waals surface area contributed by atoms with Gasteiger partial charge in [0, 0.05) is 25.4 Å². The van der Waals surface area contributed by atoms with E-state index in [2.05, 4.69) is 24.9 Å². The molecular formula is C12H16N4O2. The van der Waals surface area contributed by atoms with Gasteiger partial charge in [0.2, 0.25) is 0 Å². The second-order valence-electron chi connectivity index (χ2n) is 4.38. The number of nitriles is 1. The lowest BCUT2D eigenvalue weighted by Gasteiger charge is -2.24. The highest BCUT2D eigenvalue weighted by molar-refractivity contribution is 5.46. The Morgan fingerprint density at radius 2 is 2.33 bits per heavy atom. The third-order valence-electron chi connectivity index (χ3n) is 2.34. The summed E-state index contributed by atoms with van der Waals surface area (Å²) < 4.78 is 0. The van der Waals surface area contributed by atoms with Gasteiger partial charge in [-0.15, -0.1) is 0 Å². The van der Waals surface area contributed by atoms with E-state index < -0.39 is 4.92 Å². The van der Waals surface area contributed by atoms with Crippen LogP contribution < -0.4 is 4.90 Å². The number of hydrogen-bond acceptors (Lipinski definition) is 5. The molecule has 96 valence electrons. The molecule has 0 bridgehead atoms. The highest BCUT2D eigenvalue weighted by Crippen LogP contribution is 2.19. The van der Waals surface area contributed by atoms with Gasteiger partial charge in [0.15, 0.2) is 0 Å². The van der Waals surface area contributed by atoms with E-state index in [4.69, 9.17) is 5.26 Å². The number of nitro groups is 1. The molecule has 18 heavy (non-hydrogen) atoms. The molecule has 0 saturated carbocycles. The minimum absolute atomic E-state index is 0.0192. The number of anilines is 1. The monoisotopic (exact) mass is 248 g/mol. The molecule has 0 aliphatic rings. The highest BCUT2D eigenvalue weighted by Gasteiger charge is 2.13. The fraction of sp³-hybridized carbons (Fsp3) is 0.500. The molecule has 0 unspecified atom stereocenters. The van der Waals surface area contributed by atoms with Crippen molar-refractivity contribution in [1.29, 1.82) is 5.26 Å². The van der Waals surface area contributed by atoms with Crippen LogP contribution in [0.25, 0.3) is 0 Å². The summed E-state index contributed by atoms with van der Waals surface area (Å²) in [5.41, 5.74) is 0.0192. The minimum Gasteiger partial charge on any atom is -0.355 e. The first kappa shape index (κ1) is 13.9. The molecule has 0 aliphatic heterocycles. The smallest absolute Gasteiger partial charge is 0.274 e. The molecule has 0 radical (unpaired) electrons. The second kappa shape index (κ2) is 6.55. The molecule has 0 spiro atoms. The van der Waals surface area contributed by atoms with Crippen LogP contribution in [0.4, 0.5) is 11.5 Å². The van der Waals surface area contributed by atoms with Crippen molar-refractivity contribution in [2.75, 3.05) is 18.0 Å². The van der Waals surface area contributed by atoms with Gasteiger partial charge >= 0.3 is 0 Å². The molecule has 0 amide bonds. The van der Waals surface area contributed by atoms with Crippen molar-refractivity contribution in [2.24, 2.45) is 5.92 Å². The molecule has 0 aliphatic carbocycles. The van der Waals surface area contributed by atoms with Crippen LogP contribution in [0, 0.1) is 27.4 Å². The van der Waals surface area contributed by atoms with E-state index >= 15 is 0 Å². The first-order valence-electron chi connectivity index (χ1n) is 5.77. The lowest BCUT2D eigenvalue weighted by Crippen LogP contribution is -2.29. The van der Waals surface area contributed by atoms with Gasteiger partial charge in [-0.05, 0) is 5.92 Å². The van der Waals surface area contributed by atoms with E-state index in [1.54, 1.807) is 0 Å². The number of pyridine rings is 1. The summed E-state index contributed by atoms with van der Waals surface area (Å²) in [5, 5.41) is 19.4. The third-order valence-corrected chi connectivity index (χ3v) is 2.34. The lowest BCUT2D eigenvalue weighted by atomic mass is 10.2. The topological polar surface area (TPSA) is 83.1 Å². The Balaban J connectivity index is 2.93. The van der Waals surface area contributed by atoms with Gasteiger partial charge in [-0.1, -0.05) is 13.8 Å². The van der Waals surface area contributed by atoms with Crippen LogP contribution in [0.2, 0.25) is 0 Å². The predicted molar refractivity (Wildman–Crippen MR) is 68.2 cm³/mol. The zero-order valence-corrected chi connectivity index (χ0v) is 10.5. The van der Waals surface area contributed by atoms with Crippen molar-refractivity contribution >= 4 is 11.5 Å². The van der Waals surface area contributed by atoms with Gasteiger partial charge < -0.3 is 4.90 Å². The summed E-state index contributed by atoms with van der Waals surface area (Å²) in [7, 11) is 0. The Hall–Kier alpha value is -2.16. The minimum atomic E-state index is -0.441. The normalized spacial score (nSPS) is 10.1. The number of rotatable bonds is 6. The van der Waals surface area contributed by atoms with Crippen molar-refractivity contribution in [3.63, 3.8) is 0 Å². The Kier molecular flexibility index (Phi) is 5.06. The lowest BCUT2D eigenvalue weighted by molar-refractivity contribution is -0.384. The quantitative estimate of drug-likeness (QED) is 0.570. The summed E-state index contributed by atoms with van der Waals surface area (Å²) in [6.45, 7) is 5.35. The maximum atomic E-state index is 10.7. The van der Waals surface area contributed by atoms with E-state index in [1.807, 2.05) is 4.90 Å². The van der Waals surface area contributed by atoms with Crippen LogP contribution in [0.5, 0.6) is 0 Å². The third kappa shape index (κ3) is 4.01. The van der Waals surface area contributed by atoms with Crippen molar-refractivity contribution in [1.82, 2.24) is 4.98 Å². The highest BCUT2D eigenvalue weighted by atomic mass is 16.6. The summed E-state index contributed by atoms with van der Waals surface area (Å²) in [6.07, 6.45) is 1.80. The van der Waals surface area contributed by atoms with E-state index in [0.717, 1.165) is 6.54 Å². The average molecular weight is 248 g/mol. The molecule has 1 heterocycles. The molecule has 0 saturated heterocycles. The van der Waals surface area contributed by atoms with Gasteiger partial charge in [-0.25, -0.2) is 4.98 Å². The molecule has 1 aromatic rings. The van der Waals surface area contributed by atoms with Crippen LogP contribution in [-0.2, 0) is 0 Å². The van der Waals surface area contributed by atoms with Crippen LogP contribution in [0.15, 0.2) is 18.3 Å². The second-order valence-corrected chi connectivity index (χ2v) is 4.38. The summed E-state index contributed by atoms with van der Waals surface area (Å²) in [5.74, 6) is 0.943. The molecule has 0 aromatic carbocycles. The van der Waals surface area contributed by atoms with Crippen LogP contribution >= 0.6 is 0 Å². The number of nitrogens with zero attached hydrogens (tertiary/aromatic N) is 4. The van der Waals surface area contributed by atoms with E-state index in [-0.39, 0.29) is 5.69 Å². The van der Waals surface area contributed by atoms with Crippen molar-refractivity contribution in [3.05, 3.63) is 28.4 Å². The molecule has 6 nitrogen and oxygen atoms in total. The first-order chi connectivity index (χ1) is 8.54. The van der Waals surface area contributed by atoms with E-state index in [9.17, 15) is 10.1 Å². The summed E-state index contributed by atoms with van der Waals surface area (Å²) >= 11 is 0. The zero-order chi connectivity index (χ0) is 13.5. The van der Waals surface area contributed by atoms with Crippen LogP contribution in [-0.4, -0.2) is 23.0 Å². The van der Waals surface area contributed by atoms with Gasteiger partial charge in [-0.2, -0.15) is 5.26 Å². The summed E-state index contributed by atoms with van der Waals surface area (Å²) in [4.78, 5) is 16.3. The van der Waals surface area contributed by atoms with Crippen molar-refractivity contribution < 1.29 is 4.92 Å². The molecule has 1 aromatic heterocycles. The largest absolute Gasteiger partial charge is 0.355 e. The maximum absolute atomic E-state index is 10.7. The van der Waals surface area contributed by atoms with E-state index in [0.29, 0.717) is 24.7 Å². The predicted octanol–water partition coefficient (Wildman–Crippen LogP) is 2.37. The SMILES string of the molecule is CC(C)CN(CCC#N)c1cc([N+](=O)[O-])ccn1. The Labute approximate surface area is 106 Å². The maximum Gasteiger partial charge on any atom is 0.274 e. The Bertz CT molecular complexity index is 454. The standard InChI is InChI=1S/C12H16N4O2/c1-10(2)9-15(7-3-5-13)12-8-11(16(17)18)4-6-14-12/h4,6,8,10H,3,7,9H2,1-2H3. The average Bonchev–Trinajstić information content (AvgIpc) is 2.34. The molecule has 6 heteroatoms. The fourth-order valence-electron chi connectivity index (χ4n) is 1.62. The molecule has 0 N–H and O–H groups in total. The van der Waals surface area contributed by atoms with Gasteiger partial charge in [-0.3, -0.25) is 10.1 Å².